The third kappa shape index (κ3) is 2.62. The van der Waals surface area contributed by atoms with Crippen LogP contribution in [0.4, 0.5) is 10.1 Å². The average molecular weight is 274 g/mol. The van der Waals surface area contributed by atoms with Crippen molar-refractivity contribution in [2.24, 2.45) is 0 Å². The number of carbonyl (C=O) groups is 1. The first-order valence-corrected chi connectivity index (χ1v) is 5.78. The molecule has 0 aliphatic rings. The van der Waals surface area contributed by atoms with Gasteiger partial charge in [-0.1, -0.05) is 6.07 Å². The van der Waals surface area contributed by atoms with Crippen LogP contribution in [0.15, 0.2) is 28.7 Å². The molecule has 0 saturated carbocycles. The van der Waals surface area contributed by atoms with E-state index in [9.17, 15) is 9.18 Å². The number of benzene rings is 1. The summed E-state index contributed by atoms with van der Waals surface area (Å²) in [4.78, 5) is 10.9. The minimum Gasteiger partial charge on any atom is -0.478 e. The molecule has 5 nitrogen and oxygen atoms in total. The van der Waals surface area contributed by atoms with Gasteiger partial charge in [0.1, 0.15) is 34.5 Å². The van der Waals surface area contributed by atoms with E-state index in [-0.39, 0.29) is 17.7 Å². The number of nitriles is 1. The Balaban J connectivity index is 2.18. The fourth-order valence-corrected chi connectivity index (χ4v) is 1.81. The van der Waals surface area contributed by atoms with Crippen molar-refractivity contribution in [3.63, 3.8) is 0 Å². The van der Waals surface area contributed by atoms with Crippen molar-refractivity contribution in [2.45, 2.75) is 13.5 Å². The molecule has 0 radical (unpaired) electrons. The lowest BCUT2D eigenvalue weighted by Crippen LogP contribution is -2.01. The minimum atomic E-state index is -1.07. The third-order valence-corrected chi connectivity index (χ3v) is 2.78. The monoisotopic (exact) mass is 274 g/mol. The predicted molar refractivity (Wildman–Crippen MR) is 68.8 cm³/mol. The Morgan fingerprint density at radius 3 is 2.90 bits per heavy atom. The Bertz CT molecular complexity index is 701. The first-order valence-electron chi connectivity index (χ1n) is 5.78. The summed E-state index contributed by atoms with van der Waals surface area (Å²) in [7, 11) is 0. The van der Waals surface area contributed by atoms with E-state index in [1.165, 1.54) is 18.2 Å². The molecule has 6 heteroatoms. The third-order valence-electron chi connectivity index (χ3n) is 2.78. The van der Waals surface area contributed by atoms with E-state index in [2.05, 4.69) is 5.32 Å². The van der Waals surface area contributed by atoms with Crippen molar-refractivity contribution in [3.05, 3.63) is 52.7 Å². The number of nitrogens with zero attached hydrogens (tertiary/aromatic N) is 1. The molecule has 0 atom stereocenters. The first kappa shape index (κ1) is 13.6. The van der Waals surface area contributed by atoms with Gasteiger partial charge < -0.3 is 14.8 Å². The van der Waals surface area contributed by atoms with Crippen molar-refractivity contribution in [3.8, 4) is 6.07 Å². The van der Waals surface area contributed by atoms with Gasteiger partial charge in [0.15, 0.2) is 0 Å². The van der Waals surface area contributed by atoms with E-state index in [1.54, 1.807) is 19.1 Å². The van der Waals surface area contributed by atoms with Crippen LogP contribution in [0.3, 0.4) is 0 Å². The smallest absolute Gasteiger partial charge is 0.339 e. The maximum absolute atomic E-state index is 13.4. The van der Waals surface area contributed by atoms with Crippen LogP contribution in [0.25, 0.3) is 0 Å². The molecule has 2 rings (SSSR count). The molecule has 0 aliphatic heterocycles. The van der Waals surface area contributed by atoms with Crippen LogP contribution in [0.1, 0.15) is 27.4 Å². The Morgan fingerprint density at radius 2 is 2.30 bits per heavy atom. The number of nitrogens with one attached hydrogen (secondary N) is 1. The number of halogens is 1. The normalized spacial score (nSPS) is 10.1. The fraction of sp³-hybridized carbons (Fsp3) is 0.143. The highest BCUT2D eigenvalue weighted by molar-refractivity contribution is 5.88. The second kappa shape index (κ2) is 5.45. The number of carboxylic acids is 1. The highest BCUT2D eigenvalue weighted by atomic mass is 19.1. The van der Waals surface area contributed by atoms with Crippen molar-refractivity contribution in [1.82, 2.24) is 0 Å². The van der Waals surface area contributed by atoms with Gasteiger partial charge in [0.05, 0.1) is 12.2 Å². The van der Waals surface area contributed by atoms with E-state index in [1.807, 2.05) is 0 Å². The van der Waals surface area contributed by atoms with Crippen LogP contribution < -0.4 is 5.32 Å². The Morgan fingerprint density at radius 1 is 1.55 bits per heavy atom. The van der Waals surface area contributed by atoms with Crippen LogP contribution in [0, 0.1) is 24.1 Å². The number of hydrogen-bond acceptors (Lipinski definition) is 4. The number of hydrogen-bond donors (Lipinski definition) is 2. The summed E-state index contributed by atoms with van der Waals surface area (Å²) in [5.41, 5.74) is 0.328. The van der Waals surface area contributed by atoms with Crippen LogP contribution in [0.5, 0.6) is 0 Å². The zero-order chi connectivity index (χ0) is 14.7. The highest BCUT2D eigenvalue weighted by Crippen LogP contribution is 2.20. The Hall–Kier alpha value is -2.81. The molecule has 0 unspecified atom stereocenters. The van der Waals surface area contributed by atoms with E-state index in [0.29, 0.717) is 17.2 Å². The van der Waals surface area contributed by atoms with Crippen LogP contribution in [-0.2, 0) is 6.54 Å². The fourth-order valence-electron chi connectivity index (χ4n) is 1.81. The maximum Gasteiger partial charge on any atom is 0.339 e. The molecule has 20 heavy (non-hydrogen) atoms. The summed E-state index contributed by atoms with van der Waals surface area (Å²) in [6.07, 6.45) is 0. The van der Waals surface area contributed by atoms with E-state index in [0.717, 1.165) is 0 Å². The van der Waals surface area contributed by atoms with Crippen molar-refractivity contribution in [2.75, 3.05) is 5.32 Å². The second-order valence-corrected chi connectivity index (χ2v) is 4.12. The van der Waals surface area contributed by atoms with Gasteiger partial charge in [-0.2, -0.15) is 5.26 Å². The van der Waals surface area contributed by atoms with Gasteiger partial charge in [0, 0.05) is 0 Å². The van der Waals surface area contributed by atoms with Crippen LogP contribution in [0.2, 0.25) is 0 Å². The lowest BCUT2D eigenvalue weighted by atomic mass is 10.2. The summed E-state index contributed by atoms with van der Waals surface area (Å²) < 4.78 is 18.7. The highest BCUT2D eigenvalue weighted by Gasteiger charge is 2.14. The van der Waals surface area contributed by atoms with Crippen LogP contribution in [-0.4, -0.2) is 11.1 Å². The Labute approximate surface area is 114 Å². The van der Waals surface area contributed by atoms with Gasteiger partial charge >= 0.3 is 5.97 Å². The largest absolute Gasteiger partial charge is 0.478 e. The quantitative estimate of drug-likeness (QED) is 0.895. The summed E-state index contributed by atoms with van der Waals surface area (Å²) in [6, 6.07) is 7.42. The number of carboxylic acid groups (broad SMARTS) is 1. The van der Waals surface area contributed by atoms with Gasteiger partial charge in [-0.15, -0.1) is 0 Å². The summed E-state index contributed by atoms with van der Waals surface area (Å²) in [5.74, 6) is -0.984. The number of rotatable bonds is 4. The predicted octanol–water partition coefficient (Wildman–Crippen LogP) is 2.91. The van der Waals surface area contributed by atoms with Gasteiger partial charge in [-0.25, -0.2) is 9.18 Å². The molecule has 102 valence electrons. The molecular weight excluding hydrogens is 263 g/mol. The maximum atomic E-state index is 13.4. The van der Waals surface area contributed by atoms with E-state index in [4.69, 9.17) is 14.8 Å². The number of anilines is 1. The lowest BCUT2D eigenvalue weighted by molar-refractivity contribution is 0.0695. The second-order valence-electron chi connectivity index (χ2n) is 4.12. The molecule has 0 amide bonds. The molecule has 2 N–H and O–H groups in total. The molecule has 0 fully saturated rings. The minimum absolute atomic E-state index is 0.0848. The van der Waals surface area contributed by atoms with Crippen molar-refractivity contribution in [1.29, 1.82) is 5.26 Å². The summed E-state index contributed by atoms with van der Waals surface area (Å²) >= 11 is 0. The zero-order valence-electron chi connectivity index (χ0n) is 10.6. The topological polar surface area (TPSA) is 86.3 Å². The van der Waals surface area contributed by atoms with Gasteiger partial charge in [-0.05, 0) is 25.1 Å². The lowest BCUT2D eigenvalue weighted by Gasteiger charge is -2.06. The van der Waals surface area contributed by atoms with Gasteiger partial charge in [-0.3, -0.25) is 0 Å². The molecule has 2 aromatic rings. The zero-order valence-corrected chi connectivity index (χ0v) is 10.6. The summed E-state index contributed by atoms with van der Waals surface area (Å²) in [6.45, 7) is 1.71. The molecule has 0 bridgehead atoms. The molecule has 1 heterocycles. The number of aromatic carboxylic acids is 1. The molecule has 1 aromatic carbocycles. The van der Waals surface area contributed by atoms with E-state index < -0.39 is 11.8 Å². The van der Waals surface area contributed by atoms with Crippen molar-refractivity contribution < 1.29 is 18.7 Å². The number of furan rings is 1. The van der Waals surface area contributed by atoms with Gasteiger partial charge in [0.25, 0.3) is 0 Å². The molecule has 1 aromatic heterocycles. The van der Waals surface area contributed by atoms with Crippen LogP contribution >= 0.6 is 0 Å². The van der Waals surface area contributed by atoms with E-state index >= 15 is 0 Å². The average Bonchev–Trinajstić information content (AvgIpc) is 2.78. The number of aryl methyl sites for hydroxylation is 1. The van der Waals surface area contributed by atoms with Gasteiger partial charge in [0.2, 0.25) is 0 Å². The standard InChI is InChI=1S/C14H11FN2O3/c1-8-10(14(18)19)5-9(20-8)7-17-13-4-2-3-12(15)11(13)6-16/h2-5,17H,7H2,1H3,(H,18,19). The first-order chi connectivity index (χ1) is 9.52. The Kier molecular flexibility index (Phi) is 3.71. The molecule has 0 spiro atoms. The van der Waals surface area contributed by atoms with Crippen molar-refractivity contribution >= 4 is 11.7 Å². The summed E-state index contributed by atoms with van der Waals surface area (Å²) in [5, 5.41) is 20.6. The molecular formula is C14H11FN2O3. The molecule has 0 saturated heterocycles. The SMILES string of the molecule is Cc1oc(CNc2cccc(F)c2C#N)cc1C(=O)O. The molecule has 0 aliphatic carbocycles.